The predicted molar refractivity (Wildman–Crippen MR) is 158 cm³/mol. The van der Waals surface area contributed by atoms with Crippen LogP contribution in [0.2, 0.25) is 0 Å². The minimum atomic E-state index is 0.0247. The first-order valence-corrected chi connectivity index (χ1v) is 15.4. The molecule has 2 aliphatic heterocycles. The number of carbonyl (C=O) groups is 1. The van der Waals surface area contributed by atoms with Gasteiger partial charge < -0.3 is 15.6 Å². The fraction of sp³-hybridized carbons (Fsp3) is 0.529. The molecule has 4 fully saturated rings. The Morgan fingerprint density at radius 3 is 2.70 bits per heavy atom. The fourth-order valence-electron chi connectivity index (χ4n) is 7.88. The molecule has 3 aromatic rings. The lowest BCUT2D eigenvalue weighted by Gasteiger charge is -2.53. The number of H-pyrrole nitrogens is 1. The maximum Gasteiger partial charge on any atom is 0.251 e. The van der Waals surface area contributed by atoms with Gasteiger partial charge in [0.25, 0.3) is 5.91 Å². The van der Waals surface area contributed by atoms with E-state index >= 15 is 0 Å². The van der Waals surface area contributed by atoms with Crippen LogP contribution in [0.5, 0.6) is 0 Å². The second-order valence-corrected chi connectivity index (χ2v) is 13.1. The van der Waals surface area contributed by atoms with E-state index in [-0.39, 0.29) is 29.3 Å². The van der Waals surface area contributed by atoms with Crippen molar-refractivity contribution < 1.29 is 4.79 Å². The second kappa shape index (κ2) is 10.4. The van der Waals surface area contributed by atoms with Crippen LogP contribution in [0, 0.1) is 29.6 Å². The number of nitrogens with zero attached hydrogens (tertiary/aromatic N) is 2. The molecule has 1 amide bonds. The van der Waals surface area contributed by atoms with Crippen molar-refractivity contribution >= 4 is 16.8 Å². The Morgan fingerprint density at radius 1 is 1.15 bits per heavy atom. The molecule has 0 radical (unpaired) electrons. The van der Waals surface area contributed by atoms with Gasteiger partial charge in [-0.2, -0.15) is 5.26 Å². The number of nitrogens with one attached hydrogen (secondary N) is 3. The van der Waals surface area contributed by atoms with Gasteiger partial charge in [0.2, 0.25) is 0 Å². The summed E-state index contributed by atoms with van der Waals surface area (Å²) >= 11 is 0. The maximum atomic E-state index is 13.0. The van der Waals surface area contributed by atoms with Gasteiger partial charge in [0.1, 0.15) is 0 Å². The SMILES string of the molecule is Cc1cc(C2CC2)c(CN2CCC3(CC(C#N)C3)C[C@H]2c2ccc(C(=O)N[C@H]3CCCNC3)cc2)c2cc[nH]c12. The monoisotopic (exact) mass is 535 g/mol. The van der Waals surface area contributed by atoms with E-state index in [1.165, 1.54) is 46.9 Å². The molecule has 7 rings (SSSR count). The van der Waals surface area contributed by atoms with Crippen molar-refractivity contribution in [3.05, 3.63) is 70.4 Å². The second-order valence-electron chi connectivity index (χ2n) is 13.1. The quantitative estimate of drug-likeness (QED) is 0.357. The number of hydrogen-bond donors (Lipinski definition) is 3. The van der Waals surface area contributed by atoms with Gasteiger partial charge in [-0.05, 0) is 123 Å². The van der Waals surface area contributed by atoms with Crippen molar-refractivity contribution in [3.63, 3.8) is 0 Å². The largest absolute Gasteiger partial charge is 0.361 e. The molecule has 6 nitrogen and oxygen atoms in total. The Hall–Kier alpha value is -3.14. The van der Waals surface area contributed by atoms with Gasteiger partial charge in [0.15, 0.2) is 0 Å². The fourth-order valence-corrected chi connectivity index (χ4v) is 7.88. The lowest BCUT2D eigenvalue weighted by molar-refractivity contribution is -0.0297. The zero-order valence-electron chi connectivity index (χ0n) is 23.6. The summed E-state index contributed by atoms with van der Waals surface area (Å²) in [6.45, 7) is 6.11. The van der Waals surface area contributed by atoms with Gasteiger partial charge in [-0.15, -0.1) is 0 Å². The van der Waals surface area contributed by atoms with E-state index in [9.17, 15) is 10.1 Å². The molecular formula is C34H41N5O. The first-order valence-electron chi connectivity index (χ1n) is 15.4. The molecule has 40 heavy (non-hydrogen) atoms. The number of hydrogen-bond acceptors (Lipinski definition) is 4. The smallest absolute Gasteiger partial charge is 0.251 e. The van der Waals surface area contributed by atoms with Crippen LogP contribution in [0.4, 0.5) is 0 Å². The molecule has 2 atom stereocenters. The third-order valence-electron chi connectivity index (χ3n) is 10.3. The summed E-state index contributed by atoms with van der Waals surface area (Å²) in [6, 6.07) is 16.1. The van der Waals surface area contributed by atoms with E-state index in [0.29, 0.717) is 5.92 Å². The maximum absolute atomic E-state index is 13.0. The minimum Gasteiger partial charge on any atom is -0.361 e. The number of amides is 1. The van der Waals surface area contributed by atoms with E-state index in [4.69, 9.17) is 0 Å². The number of aromatic amines is 1. The molecule has 2 saturated heterocycles. The minimum absolute atomic E-state index is 0.0247. The number of carbonyl (C=O) groups excluding carboxylic acids is 1. The van der Waals surface area contributed by atoms with Gasteiger partial charge in [0, 0.05) is 53.8 Å². The number of rotatable bonds is 6. The van der Waals surface area contributed by atoms with Crippen LogP contribution in [-0.2, 0) is 6.54 Å². The first kappa shape index (κ1) is 25.8. The number of likely N-dealkylation sites (tertiary alicyclic amines) is 1. The number of nitriles is 1. The zero-order chi connectivity index (χ0) is 27.3. The Kier molecular flexibility index (Phi) is 6.68. The Bertz CT molecular complexity index is 1430. The highest BCUT2D eigenvalue weighted by Crippen LogP contribution is 2.57. The van der Waals surface area contributed by atoms with Crippen LogP contribution in [0.1, 0.15) is 95.9 Å². The lowest BCUT2D eigenvalue weighted by atomic mass is 9.56. The molecule has 3 heterocycles. The van der Waals surface area contributed by atoms with E-state index < -0.39 is 0 Å². The Morgan fingerprint density at radius 2 is 1.98 bits per heavy atom. The topological polar surface area (TPSA) is 83.9 Å². The summed E-state index contributed by atoms with van der Waals surface area (Å²) in [7, 11) is 0. The Labute approximate surface area is 237 Å². The van der Waals surface area contributed by atoms with Gasteiger partial charge in [-0.3, -0.25) is 9.69 Å². The number of aryl methyl sites for hydroxylation is 1. The summed E-state index contributed by atoms with van der Waals surface area (Å²) in [4.78, 5) is 19.2. The third-order valence-corrected chi connectivity index (χ3v) is 10.3. The van der Waals surface area contributed by atoms with Crippen molar-refractivity contribution in [2.24, 2.45) is 11.3 Å². The van der Waals surface area contributed by atoms with Crippen LogP contribution in [0.3, 0.4) is 0 Å². The number of fused-ring (bicyclic) bond motifs is 1. The summed E-state index contributed by atoms with van der Waals surface area (Å²) in [6.07, 6.45) is 11.1. The molecule has 1 spiro atoms. The van der Waals surface area contributed by atoms with Crippen LogP contribution in [0.25, 0.3) is 10.9 Å². The van der Waals surface area contributed by atoms with Crippen molar-refractivity contribution in [1.82, 2.24) is 20.5 Å². The molecule has 3 N–H and O–H groups in total. The lowest BCUT2D eigenvalue weighted by Crippen LogP contribution is -2.48. The van der Waals surface area contributed by atoms with Gasteiger partial charge in [-0.1, -0.05) is 18.2 Å². The third kappa shape index (κ3) is 4.84. The molecule has 0 bridgehead atoms. The molecule has 1 aromatic heterocycles. The highest BCUT2D eigenvalue weighted by molar-refractivity contribution is 5.94. The molecule has 6 heteroatoms. The number of piperidine rings is 2. The van der Waals surface area contributed by atoms with Gasteiger partial charge >= 0.3 is 0 Å². The molecule has 2 saturated carbocycles. The van der Waals surface area contributed by atoms with Crippen molar-refractivity contribution in [1.29, 1.82) is 5.26 Å². The van der Waals surface area contributed by atoms with Crippen LogP contribution >= 0.6 is 0 Å². The van der Waals surface area contributed by atoms with Gasteiger partial charge in [-0.25, -0.2) is 0 Å². The first-order chi connectivity index (χ1) is 19.5. The van der Waals surface area contributed by atoms with Crippen LogP contribution in [0.15, 0.2) is 42.6 Å². The highest BCUT2D eigenvalue weighted by Gasteiger charge is 2.49. The summed E-state index contributed by atoms with van der Waals surface area (Å²) in [5.74, 6) is 0.935. The van der Waals surface area contributed by atoms with Crippen molar-refractivity contribution in [2.75, 3.05) is 19.6 Å². The molecule has 0 unspecified atom stereocenters. The normalized spacial score (nSPS) is 28.8. The Balaban J connectivity index is 1.16. The predicted octanol–water partition coefficient (Wildman–Crippen LogP) is 6.09. The summed E-state index contributed by atoms with van der Waals surface area (Å²) in [5, 5.41) is 17.5. The number of aromatic nitrogens is 1. The zero-order valence-corrected chi connectivity index (χ0v) is 23.6. The van der Waals surface area contributed by atoms with E-state index in [1.807, 2.05) is 12.1 Å². The molecule has 2 aliphatic carbocycles. The number of benzene rings is 2. The standard InChI is InChI=1S/C34H41N5O/c1-22-15-29(24-4-5-24)30(28-10-13-37-32(22)28)21-39-14-11-34(16-23(17-34)19-35)18-31(39)25-6-8-26(9-7-25)33(40)38-27-3-2-12-36-20-27/h6-10,13,15,23-24,27,31,36-37H,2-5,11-12,14,16-18,20-21H2,1H3,(H,38,40)/t23?,27-,31-,34?/m0/s1. The van der Waals surface area contributed by atoms with Crippen molar-refractivity contribution in [2.45, 2.75) is 82.8 Å². The molecule has 4 aliphatic rings. The summed E-state index contributed by atoms with van der Waals surface area (Å²) in [5.41, 5.74) is 7.95. The molecular weight excluding hydrogens is 494 g/mol. The van der Waals surface area contributed by atoms with Crippen LogP contribution < -0.4 is 10.6 Å². The van der Waals surface area contributed by atoms with Crippen molar-refractivity contribution in [3.8, 4) is 6.07 Å². The average Bonchev–Trinajstić information content (AvgIpc) is 3.69. The van der Waals surface area contributed by atoms with E-state index in [1.54, 1.807) is 5.56 Å². The average molecular weight is 536 g/mol. The van der Waals surface area contributed by atoms with Gasteiger partial charge in [0.05, 0.1) is 6.07 Å². The molecule has 2 aromatic carbocycles. The van der Waals surface area contributed by atoms with Crippen LogP contribution in [-0.4, -0.2) is 41.5 Å². The summed E-state index contributed by atoms with van der Waals surface area (Å²) < 4.78 is 0. The molecule has 208 valence electrons. The highest BCUT2D eigenvalue weighted by atomic mass is 16.1. The van der Waals surface area contributed by atoms with E-state index in [0.717, 1.165) is 63.8 Å². The van der Waals surface area contributed by atoms with E-state index in [2.05, 4.69) is 64.0 Å².